The monoisotopic (exact) mass is 192 g/mol. The zero-order valence-corrected chi connectivity index (χ0v) is 6.58. The van der Waals surface area contributed by atoms with E-state index in [1.165, 1.54) is 0 Å². The molecule has 1 aromatic heterocycles. The summed E-state index contributed by atoms with van der Waals surface area (Å²) < 4.78 is 32.9. The number of ether oxygens (including phenoxy) is 1. The van der Waals surface area contributed by atoms with Gasteiger partial charge < -0.3 is 14.9 Å². The van der Waals surface area contributed by atoms with Crippen molar-refractivity contribution in [2.75, 3.05) is 12.8 Å². The van der Waals surface area contributed by atoms with E-state index in [9.17, 15) is 13.6 Å². The van der Waals surface area contributed by atoms with E-state index < -0.39 is 29.9 Å². The standard InChI is InChI=1S/C6H6F2N2O3/c1-12-5(11)3-2(4(7)8)10-6(9)13-3/h4H,1H3,(H2,9,10). The van der Waals surface area contributed by atoms with E-state index in [1.54, 1.807) is 0 Å². The number of nitrogen functional groups attached to an aromatic ring is 1. The number of alkyl halides is 2. The lowest BCUT2D eigenvalue weighted by Gasteiger charge is -1.96. The van der Waals surface area contributed by atoms with Crippen molar-refractivity contribution >= 4 is 12.0 Å². The Balaban J connectivity index is 3.11. The molecule has 0 amide bonds. The predicted octanol–water partition coefficient (Wildman–Crippen LogP) is 0.981. The van der Waals surface area contributed by atoms with Gasteiger partial charge in [-0.1, -0.05) is 0 Å². The molecule has 0 aromatic carbocycles. The molecule has 0 aliphatic carbocycles. The fourth-order valence-electron chi connectivity index (χ4n) is 0.736. The maximum Gasteiger partial charge on any atom is 0.376 e. The minimum absolute atomic E-state index is 0.490. The highest BCUT2D eigenvalue weighted by molar-refractivity contribution is 5.87. The average molecular weight is 192 g/mol. The fourth-order valence-corrected chi connectivity index (χ4v) is 0.736. The first-order valence-electron chi connectivity index (χ1n) is 3.19. The molecule has 13 heavy (non-hydrogen) atoms. The molecule has 72 valence electrons. The SMILES string of the molecule is COC(=O)c1oc(N)nc1C(F)F. The van der Waals surface area contributed by atoms with Crippen LogP contribution < -0.4 is 5.73 Å². The van der Waals surface area contributed by atoms with E-state index in [1.807, 2.05) is 0 Å². The van der Waals surface area contributed by atoms with Crippen LogP contribution in [0.3, 0.4) is 0 Å². The van der Waals surface area contributed by atoms with Crippen LogP contribution in [0.5, 0.6) is 0 Å². The molecule has 0 unspecified atom stereocenters. The summed E-state index contributed by atoms with van der Waals surface area (Å²) >= 11 is 0. The van der Waals surface area contributed by atoms with E-state index >= 15 is 0 Å². The second-order valence-electron chi connectivity index (χ2n) is 2.06. The van der Waals surface area contributed by atoms with Crippen LogP contribution in [-0.4, -0.2) is 18.1 Å². The first-order valence-corrected chi connectivity index (χ1v) is 3.19. The number of rotatable bonds is 2. The highest BCUT2D eigenvalue weighted by Gasteiger charge is 2.26. The summed E-state index contributed by atoms with van der Waals surface area (Å²) in [6.45, 7) is 0. The van der Waals surface area contributed by atoms with Crippen LogP contribution in [0.4, 0.5) is 14.8 Å². The minimum atomic E-state index is -2.92. The van der Waals surface area contributed by atoms with Gasteiger partial charge in [-0.05, 0) is 0 Å². The van der Waals surface area contributed by atoms with Crippen LogP contribution in [0.2, 0.25) is 0 Å². The smallest absolute Gasteiger partial charge is 0.376 e. The molecule has 0 saturated carbocycles. The maximum absolute atomic E-state index is 12.2. The summed E-state index contributed by atoms with van der Waals surface area (Å²) in [6, 6.07) is -0.490. The predicted molar refractivity (Wildman–Crippen MR) is 37.2 cm³/mol. The number of oxazole rings is 1. The van der Waals surface area contributed by atoms with E-state index in [2.05, 4.69) is 14.1 Å². The number of methoxy groups -OCH3 is 1. The number of anilines is 1. The molecule has 2 N–H and O–H groups in total. The molecule has 0 atom stereocenters. The van der Waals surface area contributed by atoms with Gasteiger partial charge in [0.2, 0.25) is 5.76 Å². The molecule has 7 heteroatoms. The van der Waals surface area contributed by atoms with E-state index in [0.29, 0.717) is 0 Å². The summed E-state index contributed by atoms with van der Waals surface area (Å²) in [4.78, 5) is 13.9. The van der Waals surface area contributed by atoms with Crippen LogP contribution >= 0.6 is 0 Å². The lowest BCUT2D eigenvalue weighted by atomic mass is 10.3. The Kier molecular flexibility index (Phi) is 2.45. The summed E-state index contributed by atoms with van der Waals surface area (Å²) in [5.41, 5.74) is 4.19. The third kappa shape index (κ3) is 1.74. The van der Waals surface area contributed by atoms with Crippen LogP contribution in [0.1, 0.15) is 22.7 Å². The molecule has 0 radical (unpaired) electrons. The lowest BCUT2D eigenvalue weighted by Crippen LogP contribution is -2.03. The molecule has 1 rings (SSSR count). The van der Waals surface area contributed by atoms with Crippen LogP contribution in [0.25, 0.3) is 0 Å². The van der Waals surface area contributed by atoms with Crippen molar-refractivity contribution in [1.29, 1.82) is 0 Å². The van der Waals surface area contributed by atoms with Crippen molar-refractivity contribution in [3.8, 4) is 0 Å². The maximum atomic E-state index is 12.2. The Bertz CT molecular complexity index is 324. The van der Waals surface area contributed by atoms with Gasteiger partial charge in [-0.2, -0.15) is 4.98 Å². The van der Waals surface area contributed by atoms with Gasteiger partial charge in [0.1, 0.15) is 0 Å². The quantitative estimate of drug-likeness (QED) is 0.706. The summed E-state index contributed by atoms with van der Waals surface area (Å²) in [7, 11) is 1.04. The summed E-state index contributed by atoms with van der Waals surface area (Å²) in [5.74, 6) is -1.69. The summed E-state index contributed by atoms with van der Waals surface area (Å²) in [5, 5.41) is 0. The number of hydrogen-bond acceptors (Lipinski definition) is 5. The first-order chi connectivity index (χ1) is 6.06. The highest BCUT2D eigenvalue weighted by Crippen LogP contribution is 2.24. The Labute approximate surface area is 71.5 Å². The topological polar surface area (TPSA) is 78.3 Å². The van der Waals surface area contributed by atoms with Gasteiger partial charge in [0.15, 0.2) is 5.69 Å². The van der Waals surface area contributed by atoms with E-state index in [-0.39, 0.29) is 0 Å². The molecular formula is C6H6F2N2O3. The molecule has 0 fully saturated rings. The Morgan fingerprint density at radius 3 is 2.77 bits per heavy atom. The van der Waals surface area contributed by atoms with Crippen molar-refractivity contribution in [1.82, 2.24) is 4.98 Å². The van der Waals surface area contributed by atoms with Crippen molar-refractivity contribution in [3.63, 3.8) is 0 Å². The number of carbonyl (C=O) groups excluding carboxylic acids is 1. The number of nitrogens with two attached hydrogens (primary N) is 1. The Morgan fingerprint density at radius 1 is 1.69 bits per heavy atom. The second-order valence-corrected chi connectivity index (χ2v) is 2.06. The zero-order valence-electron chi connectivity index (χ0n) is 6.58. The fraction of sp³-hybridized carbons (Fsp3) is 0.333. The van der Waals surface area contributed by atoms with Gasteiger partial charge in [-0.25, -0.2) is 13.6 Å². The molecule has 0 spiro atoms. The number of aromatic nitrogens is 1. The molecule has 0 saturated heterocycles. The lowest BCUT2D eigenvalue weighted by molar-refractivity contribution is 0.0551. The highest BCUT2D eigenvalue weighted by atomic mass is 19.3. The molecular weight excluding hydrogens is 186 g/mol. The molecule has 5 nitrogen and oxygen atoms in total. The molecule has 1 aromatic rings. The number of esters is 1. The van der Waals surface area contributed by atoms with Crippen molar-refractivity contribution < 1.29 is 22.7 Å². The van der Waals surface area contributed by atoms with Crippen molar-refractivity contribution in [2.24, 2.45) is 0 Å². The van der Waals surface area contributed by atoms with Gasteiger partial charge in [-0.3, -0.25) is 0 Å². The van der Waals surface area contributed by atoms with Crippen molar-refractivity contribution in [2.45, 2.75) is 6.43 Å². The number of carbonyl (C=O) groups is 1. The van der Waals surface area contributed by atoms with E-state index in [4.69, 9.17) is 5.73 Å². The Morgan fingerprint density at radius 2 is 2.31 bits per heavy atom. The van der Waals surface area contributed by atoms with Gasteiger partial charge >= 0.3 is 5.97 Å². The van der Waals surface area contributed by atoms with Gasteiger partial charge in [0, 0.05) is 0 Å². The second kappa shape index (κ2) is 3.38. The number of halogens is 2. The third-order valence-corrected chi connectivity index (χ3v) is 1.25. The molecule has 0 bridgehead atoms. The van der Waals surface area contributed by atoms with Crippen LogP contribution in [0.15, 0.2) is 4.42 Å². The van der Waals surface area contributed by atoms with Gasteiger partial charge in [0.25, 0.3) is 12.4 Å². The van der Waals surface area contributed by atoms with Crippen LogP contribution in [-0.2, 0) is 4.74 Å². The Hall–Kier alpha value is -1.66. The zero-order chi connectivity index (χ0) is 10.0. The third-order valence-electron chi connectivity index (χ3n) is 1.25. The number of hydrogen-bond donors (Lipinski definition) is 1. The normalized spacial score (nSPS) is 10.5. The van der Waals surface area contributed by atoms with Gasteiger partial charge in [-0.15, -0.1) is 0 Å². The van der Waals surface area contributed by atoms with Crippen molar-refractivity contribution in [3.05, 3.63) is 11.5 Å². The van der Waals surface area contributed by atoms with E-state index in [0.717, 1.165) is 7.11 Å². The molecule has 0 aliphatic rings. The average Bonchev–Trinajstić information content (AvgIpc) is 2.46. The number of nitrogens with zero attached hydrogens (tertiary/aromatic N) is 1. The van der Waals surface area contributed by atoms with Gasteiger partial charge in [0.05, 0.1) is 7.11 Å². The summed E-state index contributed by atoms with van der Waals surface area (Å²) in [6.07, 6.45) is -2.92. The van der Waals surface area contributed by atoms with Crippen LogP contribution in [0, 0.1) is 0 Å². The minimum Gasteiger partial charge on any atom is -0.463 e. The molecule has 0 aliphatic heterocycles. The first kappa shape index (κ1) is 9.43. The molecule has 1 heterocycles. The largest absolute Gasteiger partial charge is 0.463 e.